The lowest BCUT2D eigenvalue weighted by Gasteiger charge is -2.28. The van der Waals surface area contributed by atoms with Crippen molar-refractivity contribution >= 4 is 0 Å². The van der Waals surface area contributed by atoms with E-state index in [1.807, 2.05) is 0 Å². The monoisotopic (exact) mass is 261 g/mol. The van der Waals surface area contributed by atoms with E-state index in [0.717, 1.165) is 24.5 Å². The highest BCUT2D eigenvalue weighted by molar-refractivity contribution is 5.55. The summed E-state index contributed by atoms with van der Waals surface area (Å²) in [7, 11) is 0. The maximum absolute atomic E-state index is 5.88. The molecular formula is C16H23NO2. The molecule has 2 aliphatic rings. The van der Waals surface area contributed by atoms with E-state index < -0.39 is 0 Å². The zero-order valence-electron chi connectivity index (χ0n) is 11.9. The van der Waals surface area contributed by atoms with Crippen LogP contribution >= 0.6 is 0 Å². The second kappa shape index (κ2) is 5.41. The lowest BCUT2D eigenvalue weighted by atomic mass is 9.94. The molecule has 104 valence electrons. The standard InChI is InChI=1S/C16H23NO2/c1-11-9-13(10-14-5-3-4-6-17-14)16-15(12(11)2)18-7-8-19-16/h9,14,17H,3-8,10H2,1-2H3. The van der Waals surface area contributed by atoms with Crippen LogP contribution in [0.5, 0.6) is 11.5 Å². The summed E-state index contributed by atoms with van der Waals surface area (Å²) in [6, 6.07) is 2.87. The highest BCUT2D eigenvalue weighted by Gasteiger charge is 2.22. The summed E-state index contributed by atoms with van der Waals surface area (Å²) < 4.78 is 11.7. The Balaban J connectivity index is 1.89. The lowest BCUT2D eigenvalue weighted by molar-refractivity contribution is 0.168. The van der Waals surface area contributed by atoms with Crippen LogP contribution < -0.4 is 14.8 Å². The maximum Gasteiger partial charge on any atom is 0.164 e. The van der Waals surface area contributed by atoms with Crippen molar-refractivity contribution in [1.29, 1.82) is 0 Å². The number of hydrogen-bond acceptors (Lipinski definition) is 3. The minimum absolute atomic E-state index is 0.588. The van der Waals surface area contributed by atoms with Gasteiger partial charge < -0.3 is 14.8 Å². The molecule has 0 radical (unpaired) electrons. The first-order chi connectivity index (χ1) is 9.25. The summed E-state index contributed by atoms with van der Waals surface area (Å²) in [5.74, 6) is 1.96. The van der Waals surface area contributed by atoms with Gasteiger partial charge in [0.1, 0.15) is 13.2 Å². The van der Waals surface area contributed by atoms with Gasteiger partial charge in [-0.15, -0.1) is 0 Å². The van der Waals surface area contributed by atoms with Gasteiger partial charge in [-0.2, -0.15) is 0 Å². The molecule has 0 bridgehead atoms. The molecule has 3 heteroatoms. The van der Waals surface area contributed by atoms with Crippen molar-refractivity contribution in [2.45, 2.75) is 45.6 Å². The first kappa shape index (κ1) is 12.8. The molecule has 2 heterocycles. The number of piperidine rings is 1. The maximum atomic E-state index is 5.88. The average Bonchev–Trinajstić information content (AvgIpc) is 2.46. The molecule has 3 nitrogen and oxygen atoms in total. The molecule has 0 spiro atoms. The molecule has 0 amide bonds. The van der Waals surface area contributed by atoms with Crippen LogP contribution in [0.15, 0.2) is 6.07 Å². The van der Waals surface area contributed by atoms with E-state index in [1.54, 1.807) is 0 Å². The zero-order chi connectivity index (χ0) is 13.2. The predicted molar refractivity (Wildman–Crippen MR) is 76.3 cm³/mol. The van der Waals surface area contributed by atoms with Crippen LogP contribution in [0.25, 0.3) is 0 Å². The second-order valence-corrected chi connectivity index (χ2v) is 5.68. The molecule has 1 N–H and O–H groups in total. The minimum Gasteiger partial charge on any atom is -0.486 e. The Kier molecular flexibility index (Phi) is 3.65. The van der Waals surface area contributed by atoms with Gasteiger partial charge in [-0.25, -0.2) is 0 Å². The largest absolute Gasteiger partial charge is 0.486 e. The van der Waals surface area contributed by atoms with Gasteiger partial charge in [-0.05, 0) is 56.3 Å². The number of nitrogens with one attached hydrogen (secondary N) is 1. The van der Waals surface area contributed by atoms with Crippen molar-refractivity contribution in [3.63, 3.8) is 0 Å². The van der Waals surface area contributed by atoms with Crippen LogP contribution in [-0.4, -0.2) is 25.8 Å². The molecular weight excluding hydrogens is 238 g/mol. The molecule has 0 aliphatic carbocycles. The van der Waals surface area contributed by atoms with Crippen molar-refractivity contribution < 1.29 is 9.47 Å². The highest BCUT2D eigenvalue weighted by atomic mass is 16.6. The van der Waals surface area contributed by atoms with E-state index >= 15 is 0 Å². The van der Waals surface area contributed by atoms with Gasteiger partial charge in [0.2, 0.25) is 0 Å². The van der Waals surface area contributed by atoms with Crippen LogP contribution in [0.4, 0.5) is 0 Å². The Morgan fingerprint density at radius 2 is 1.95 bits per heavy atom. The van der Waals surface area contributed by atoms with Crippen molar-refractivity contribution in [2.75, 3.05) is 19.8 Å². The fourth-order valence-electron chi connectivity index (χ4n) is 3.07. The van der Waals surface area contributed by atoms with Crippen LogP contribution in [0, 0.1) is 13.8 Å². The number of rotatable bonds is 2. The Hall–Kier alpha value is -1.22. The Morgan fingerprint density at radius 1 is 1.16 bits per heavy atom. The van der Waals surface area contributed by atoms with Crippen molar-refractivity contribution in [3.8, 4) is 11.5 Å². The minimum atomic E-state index is 0.588. The highest BCUT2D eigenvalue weighted by Crippen LogP contribution is 2.39. The van der Waals surface area contributed by atoms with Gasteiger partial charge in [0.05, 0.1) is 0 Å². The smallest absolute Gasteiger partial charge is 0.164 e. The van der Waals surface area contributed by atoms with Crippen LogP contribution in [-0.2, 0) is 6.42 Å². The quantitative estimate of drug-likeness (QED) is 0.888. The summed E-state index contributed by atoms with van der Waals surface area (Å²) in [5, 5.41) is 3.61. The SMILES string of the molecule is Cc1cc(CC2CCCCN2)c2c(c1C)OCCO2. The molecule has 1 atom stereocenters. The number of ether oxygens (including phenoxy) is 2. The summed E-state index contributed by atoms with van der Waals surface area (Å²) in [5.41, 5.74) is 3.82. The molecule has 19 heavy (non-hydrogen) atoms. The topological polar surface area (TPSA) is 30.5 Å². The van der Waals surface area contributed by atoms with Gasteiger partial charge >= 0.3 is 0 Å². The van der Waals surface area contributed by atoms with Crippen LogP contribution in [0.1, 0.15) is 36.0 Å². The van der Waals surface area contributed by atoms with Crippen molar-refractivity contribution in [1.82, 2.24) is 5.32 Å². The van der Waals surface area contributed by atoms with Gasteiger partial charge in [-0.3, -0.25) is 0 Å². The second-order valence-electron chi connectivity index (χ2n) is 5.68. The Morgan fingerprint density at radius 3 is 2.68 bits per heavy atom. The third-order valence-electron chi connectivity index (χ3n) is 4.28. The third kappa shape index (κ3) is 2.57. The summed E-state index contributed by atoms with van der Waals surface area (Å²) >= 11 is 0. The third-order valence-corrected chi connectivity index (χ3v) is 4.28. The summed E-state index contributed by atoms with van der Waals surface area (Å²) in [6.07, 6.45) is 4.96. The number of hydrogen-bond donors (Lipinski definition) is 1. The molecule has 2 aliphatic heterocycles. The van der Waals surface area contributed by atoms with Crippen molar-refractivity contribution in [2.24, 2.45) is 0 Å². The van der Waals surface area contributed by atoms with E-state index in [0.29, 0.717) is 19.3 Å². The number of benzene rings is 1. The lowest BCUT2D eigenvalue weighted by Crippen LogP contribution is -2.35. The van der Waals surface area contributed by atoms with E-state index in [-0.39, 0.29) is 0 Å². The normalized spacial score (nSPS) is 22.3. The van der Waals surface area contributed by atoms with Gasteiger partial charge in [0.25, 0.3) is 0 Å². The average molecular weight is 261 g/mol. The predicted octanol–water partition coefficient (Wildman–Crippen LogP) is 2.76. The Labute approximate surface area is 115 Å². The van der Waals surface area contributed by atoms with Crippen LogP contribution in [0.3, 0.4) is 0 Å². The molecule has 0 aromatic heterocycles. The van der Waals surface area contributed by atoms with Gasteiger partial charge in [0, 0.05) is 6.04 Å². The fraction of sp³-hybridized carbons (Fsp3) is 0.625. The van der Waals surface area contributed by atoms with Gasteiger partial charge in [-0.1, -0.05) is 12.5 Å². The molecule has 1 fully saturated rings. The molecule has 1 aromatic rings. The molecule has 1 saturated heterocycles. The van der Waals surface area contributed by atoms with E-state index in [1.165, 1.54) is 36.0 Å². The molecule has 1 unspecified atom stereocenters. The molecule has 0 saturated carbocycles. The Bertz CT molecular complexity index is 464. The summed E-state index contributed by atoms with van der Waals surface area (Å²) in [6.45, 7) is 6.75. The number of fused-ring (bicyclic) bond motifs is 1. The fourth-order valence-corrected chi connectivity index (χ4v) is 3.07. The summed E-state index contributed by atoms with van der Waals surface area (Å²) in [4.78, 5) is 0. The zero-order valence-corrected chi connectivity index (χ0v) is 11.9. The molecule has 3 rings (SSSR count). The van der Waals surface area contributed by atoms with E-state index in [2.05, 4.69) is 25.2 Å². The molecule has 1 aromatic carbocycles. The number of aryl methyl sites for hydroxylation is 1. The van der Waals surface area contributed by atoms with E-state index in [4.69, 9.17) is 9.47 Å². The van der Waals surface area contributed by atoms with Crippen LogP contribution in [0.2, 0.25) is 0 Å². The first-order valence-corrected chi connectivity index (χ1v) is 7.38. The van der Waals surface area contributed by atoms with Crippen molar-refractivity contribution in [3.05, 3.63) is 22.8 Å². The first-order valence-electron chi connectivity index (χ1n) is 7.38. The van der Waals surface area contributed by atoms with E-state index in [9.17, 15) is 0 Å². The van der Waals surface area contributed by atoms with Gasteiger partial charge in [0.15, 0.2) is 11.5 Å².